The fraction of sp³-hybridized carbons (Fsp3) is 0.375. The van der Waals surface area contributed by atoms with E-state index in [-0.39, 0.29) is 19.0 Å². The summed E-state index contributed by atoms with van der Waals surface area (Å²) in [6.07, 6.45) is -0.185. The van der Waals surface area contributed by atoms with Crippen LogP contribution in [0.5, 0.6) is 0 Å². The number of aliphatic hydroxyl groups is 1. The van der Waals surface area contributed by atoms with Crippen molar-refractivity contribution >= 4 is 11.8 Å². The third-order valence-corrected chi connectivity index (χ3v) is 3.41. The van der Waals surface area contributed by atoms with E-state index in [1.54, 1.807) is 6.92 Å². The molecule has 0 saturated carbocycles. The van der Waals surface area contributed by atoms with Crippen molar-refractivity contribution in [1.82, 2.24) is 9.78 Å². The van der Waals surface area contributed by atoms with Gasteiger partial charge in [-0.05, 0) is 18.9 Å². The Morgan fingerprint density at radius 2 is 2.05 bits per heavy atom. The molecule has 1 aromatic carbocycles. The van der Waals surface area contributed by atoms with Crippen LogP contribution in [0.4, 0.5) is 5.82 Å². The molecular weight excluding hydrogens is 282 g/mol. The van der Waals surface area contributed by atoms with E-state index in [0.29, 0.717) is 17.7 Å². The summed E-state index contributed by atoms with van der Waals surface area (Å²) in [5.74, 6) is -0.248. The molecule has 0 spiro atoms. The number of esters is 1. The zero-order valence-corrected chi connectivity index (χ0v) is 12.8. The van der Waals surface area contributed by atoms with Crippen LogP contribution in [0.15, 0.2) is 30.3 Å². The summed E-state index contributed by atoms with van der Waals surface area (Å²) in [6.45, 7) is 4.09. The molecule has 1 heterocycles. The molecule has 0 amide bonds. The van der Waals surface area contributed by atoms with Gasteiger partial charge in [-0.3, -0.25) is 0 Å². The number of carbonyl (C=O) groups is 1. The third kappa shape index (κ3) is 3.28. The maximum Gasteiger partial charge on any atom is 0.343 e. The topological polar surface area (TPSA) is 90.4 Å². The van der Waals surface area contributed by atoms with E-state index in [1.807, 2.05) is 37.3 Å². The van der Waals surface area contributed by atoms with Crippen LogP contribution in [0.2, 0.25) is 0 Å². The molecule has 22 heavy (non-hydrogen) atoms. The number of hydrogen-bond donors (Lipinski definition) is 2. The molecule has 3 N–H and O–H groups in total. The van der Waals surface area contributed by atoms with E-state index in [9.17, 15) is 9.90 Å². The summed E-state index contributed by atoms with van der Waals surface area (Å²) in [6, 6.07) is 9.25. The first-order valence-corrected chi connectivity index (χ1v) is 7.33. The number of ether oxygens (including phenoxy) is 1. The smallest absolute Gasteiger partial charge is 0.343 e. The minimum absolute atomic E-state index is 0.183. The third-order valence-electron chi connectivity index (χ3n) is 3.41. The first-order valence-electron chi connectivity index (χ1n) is 7.33. The zero-order chi connectivity index (χ0) is 16.1. The normalized spacial score (nSPS) is 12.1. The number of hydrogen-bond acceptors (Lipinski definition) is 5. The highest BCUT2D eigenvalue weighted by molar-refractivity contribution is 5.95. The van der Waals surface area contributed by atoms with Crippen molar-refractivity contribution in [3.63, 3.8) is 0 Å². The average Bonchev–Trinajstić information content (AvgIpc) is 2.84. The quantitative estimate of drug-likeness (QED) is 0.796. The van der Waals surface area contributed by atoms with Crippen LogP contribution < -0.4 is 5.73 Å². The van der Waals surface area contributed by atoms with Gasteiger partial charge in [0.2, 0.25) is 0 Å². The van der Waals surface area contributed by atoms with E-state index < -0.39 is 12.1 Å². The Labute approximate surface area is 129 Å². The first-order chi connectivity index (χ1) is 10.6. The van der Waals surface area contributed by atoms with Crippen LogP contribution in [0.25, 0.3) is 0 Å². The number of anilines is 1. The molecule has 0 bridgehead atoms. The monoisotopic (exact) mass is 303 g/mol. The Balaban J connectivity index is 2.27. The van der Waals surface area contributed by atoms with Gasteiger partial charge in [0.25, 0.3) is 0 Å². The van der Waals surface area contributed by atoms with E-state index in [4.69, 9.17) is 10.5 Å². The Morgan fingerprint density at radius 1 is 1.36 bits per heavy atom. The fourth-order valence-corrected chi connectivity index (χ4v) is 2.28. The Kier molecular flexibility index (Phi) is 5.16. The molecule has 1 aromatic heterocycles. The van der Waals surface area contributed by atoms with Crippen molar-refractivity contribution in [2.75, 3.05) is 12.3 Å². The molecule has 0 radical (unpaired) electrons. The Hall–Kier alpha value is -2.34. The first kappa shape index (κ1) is 16.0. The minimum Gasteiger partial charge on any atom is -0.462 e. The summed E-state index contributed by atoms with van der Waals surface area (Å²) in [4.78, 5) is 12.0. The lowest BCUT2D eigenvalue weighted by Gasteiger charge is -2.12. The molecule has 0 fully saturated rings. The van der Waals surface area contributed by atoms with Crippen LogP contribution >= 0.6 is 0 Å². The molecule has 6 heteroatoms. The van der Waals surface area contributed by atoms with Crippen LogP contribution in [0.3, 0.4) is 0 Å². The Morgan fingerprint density at radius 3 is 2.64 bits per heavy atom. The van der Waals surface area contributed by atoms with E-state index in [0.717, 1.165) is 5.56 Å². The lowest BCUT2D eigenvalue weighted by atomic mass is 10.1. The molecule has 2 rings (SSSR count). The lowest BCUT2D eigenvalue weighted by molar-refractivity contribution is 0.0526. The number of nitrogens with zero attached hydrogens (tertiary/aromatic N) is 2. The van der Waals surface area contributed by atoms with Crippen LogP contribution in [-0.4, -0.2) is 27.5 Å². The van der Waals surface area contributed by atoms with Crippen LogP contribution in [-0.2, 0) is 17.7 Å². The number of rotatable bonds is 6. The number of aryl methyl sites for hydroxylation is 1. The van der Waals surface area contributed by atoms with Gasteiger partial charge in [-0.1, -0.05) is 37.3 Å². The molecule has 6 nitrogen and oxygen atoms in total. The van der Waals surface area contributed by atoms with Crippen molar-refractivity contribution in [3.05, 3.63) is 47.2 Å². The van der Waals surface area contributed by atoms with Crippen molar-refractivity contribution in [2.24, 2.45) is 0 Å². The second kappa shape index (κ2) is 7.09. The SMILES string of the molecule is CCOC(=O)c1c(CC)nn(C[C@@H](O)c2ccccc2)c1N. The largest absolute Gasteiger partial charge is 0.462 e. The minimum atomic E-state index is -0.747. The van der Waals surface area contributed by atoms with Gasteiger partial charge in [-0.25, -0.2) is 9.48 Å². The molecule has 0 aliphatic heterocycles. The summed E-state index contributed by atoms with van der Waals surface area (Å²) in [5.41, 5.74) is 7.67. The maximum absolute atomic E-state index is 12.0. The number of benzene rings is 1. The summed E-state index contributed by atoms with van der Waals surface area (Å²) < 4.78 is 6.48. The van der Waals surface area contributed by atoms with Gasteiger partial charge >= 0.3 is 5.97 Å². The number of aliphatic hydroxyl groups excluding tert-OH is 1. The lowest BCUT2D eigenvalue weighted by Crippen LogP contribution is -2.14. The highest BCUT2D eigenvalue weighted by atomic mass is 16.5. The number of aromatic nitrogens is 2. The maximum atomic E-state index is 12.0. The average molecular weight is 303 g/mol. The van der Waals surface area contributed by atoms with E-state index >= 15 is 0 Å². The summed E-state index contributed by atoms with van der Waals surface area (Å²) in [5, 5.41) is 14.6. The van der Waals surface area contributed by atoms with Crippen molar-refractivity contribution in [2.45, 2.75) is 32.9 Å². The zero-order valence-electron chi connectivity index (χ0n) is 12.8. The molecule has 0 saturated heterocycles. The highest BCUT2D eigenvalue weighted by Crippen LogP contribution is 2.22. The summed E-state index contributed by atoms with van der Waals surface area (Å²) in [7, 11) is 0. The van der Waals surface area contributed by atoms with Gasteiger partial charge in [0, 0.05) is 0 Å². The van der Waals surface area contributed by atoms with Crippen molar-refractivity contribution < 1.29 is 14.6 Å². The van der Waals surface area contributed by atoms with Gasteiger partial charge in [-0.2, -0.15) is 5.10 Å². The summed E-state index contributed by atoms with van der Waals surface area (Å²) >= 11 is 0. The van der Waals surface area contributed by atoms with Crippen molar-refractivity contribution in [3.8, 4) is 0 Å². The predicted molar refractivity (Wildman–Crippen MR) is 83.4 cm³/mol. The standard InChI is InChI=1S/C16H21N3O3/c1-3-12-14(16(21)22-4-2)15(17)19(18-12)10-13(20)11-8-6-5-7-9-11/h5-9,13,20H,3-4,10,17H2,1-2H3/t13-/m1/s1. The molecule has 0 aliphatic carbocycles. The predicted octanol–water partition coefficient (Wildman–Crippen LogP) is 1.94. The molecule has 1 atom stereocenters. The fourth-order valence-electron chi connectivity index (χ4n) is 2.28. The second-order valence-electron chi connectivity index (χ2n) is 4.89. The van der Waals surface area contributed by atoms with Gasteiger partial charge in [0.15, 0.2) is 0 Å². The van der Waals surface area contributed by atoms with Gasteiger partial charge in [0.05, 0.1) is 24.9 Å². The van der Waals surface area contributed by atoms with Crippen LogP contribution in [0, 0.1) is 0 Å². The number of nitrogens with two attached hydrogens (primary N) is 1. The van der Waals surface area contributed by atoms with E-state index in [1.165, 1.54) is 4.68 Å². The highest BCUT2D eigenvalue weighted by Gasteiger charge is 2.23. The second-order valence-corrected chi connectivity index (χ2v) is 4.89. The van der Waals surface area contributed by atoms with Gasteiger partial charge < -0.3 is 15.6 Å². The number of carbonyl (C=O) groups excluding carboxylic acids is 1. The molecule has 2 aromatic rings. The van der Waals surface area contributed by atoms with Gasteiger partial charge in [-0.15, -0.1) is 0 Å². The molecule has 118 valence electrons. The Bertz CT molecular complexity index is 638. The van der Waals surface area contributed by atoms with Crippen molar-refractivity contribution in [1.29, 1.82) is 0 Å². The molecule has 0 aliphatic rings. The number of nitrogen functional groups attached to an aromatic ring is 1. The molecule has 0 unspecified atom stereocenters. The van der Waals surface area contributed by atoms with Crippen LogP contribution in [0.1, 0.15) is 41.6 Å². The van der Waals surface area contributed by atoms with E-state index in [2.05, 4.69) is 5.10 Å². The molecular formula is C16H21N3O3. The van der Waals surface area contributed by atoms with Gasteiger partial charge in [0.1, 0.15) is 11.4 Å².